The molecule has 0 saturated heterocycles. The molecule has 2 aromatic rings. The first-order chi connectivity index (χ1) is 9.93. The van der Waals surface area contributed by atoms with E-state index >= 15 is 0 Å². The summed E-state index contributed by atoms with van der Waals surface area (Å²) in [6.45, 7) is 2.55. The molecule has 0 aliphatic heterocycles. The quantitative estimate of drug-likeness (QED) is 0.796. The third-order valence-electron chi connectivity index (χ3n) is 3.05. The molecule has 0 saturated carbocycles. The summed E-state index contributed by atoms with van der Waals surface area (Å²) >= 11 is 3.18. The Hall–Kier alpha value is -1.27. The molecule has 6 heteroatoms. The zero-order valence-corrected chi connectivity index (χ0v) is 13.0. The number of halogens is 4. The van der Waals surface area contributed by atoms with Crippen molar-refractivity contribution in [1.29, 1.82) is 0 Å². The minimum absolute atomic E-state index is 0.167. The van der Waals surface area contributed by atoms with Gasteiger partial charge in [0.15, 0.2) is 4.67 Å². The lowest BCUT2D eigenvalue weighted by Gasteiger charge is -2.21. The molecule has 0 radical (unpaired) electrons. The predicted molar refractivity (Wildman–Crippen MR) is 78.0 cm³/mol. The van der Waals surface area contributed by atoms with Gasteiger partial charge in [-0.2, -0.15) is 13.2 Å². The molecule has 0 aliphatic rings. The Morgan fingerprint density at radius 2 is 1.90 bits per heavy atom. The van der Waals surface area contributed by atoms with Crippen molar-refractivity contribution in [2.45, 2.75) is 25.6 Å². The van der Waals surface area contributed by atoms with Crippen LogP contribution in [0.1, 0.15) is 36.3 Å². The Morgan fingerprint density at radius 3 is 2.48 bits per heavy atom. The van der Waals surface area contributed by atoms with E-state index in [1.54, 1.807) is 18.2 Å². The first-order valence-corrected chi connectivity index (χ1v) is 7.37. The third-order valence-corrected chi connectivity index (χ3v) is 3.48. The molecule has 1 unspecified atom stereocenters. The summed E-state index contributed by atoms with van der Waals surface area (Å²) in [6.07, 6.45) is -3.58. The summed E-state index contributed by atoms with van der Waals surface area (Å²) < 4.78 is 45.5. The van der Waals surface area contributed by atoms with Gasteiger partial charge in [-0.25, -0.2) is 0 Å². The van der Waals surface area contributed by atoms with Gasteiger partial charge in [0.1, 0.15) is 5.76 Å². The summed E-state index contributed by atoms with van der Waals surface area (Å²) in [5, 5.41) is 3.11. The Morgan fingerprint density at radius 1 is 1.19 bits per heavy atom. The average Bonchev–Trinajstić information content (AvgIpc) is 2.85. The molecule has 1 heterocycles. The van der Waals surface area contributed by atoms with E-state index in [2.05, 4.69) is 21.2 Å². The fraction of sp³-hybridized carbons (Fsp3) is 0.333. The van der Waals surface area contributed by atoms with Crippen molar-refractivity contribution in [1.82, 2.24) is 5.32 Å². The van der Waals surface area contributed by atoms with Gasteiger partial charge < -0.3 is 9.73 Å². The van der Waals surface area contributed by atoms with Gasteiger partial charge in [-0.15, -0.1) is 0 Å². The third kappa shape index (κ3) is 3.89. The molecular weight excluding hydrogens is 347 g/mol. The van der Waals surface area contributed by atoms with Gasteiger partial charge in [-0.05, 0) is 52.7 Å². The Balaban J connectivity index is 2.46. The smallest absolute Gasteiger partial charge is 0.416 e. The molecule has 2 rings (SSSR count). The van der Waals surface area contributed by atoms with E-state index in [0.29, 0.717) is 17.0 Å². The maximum absolute atomic E-state index is 13.2. The predicted octanol–water partition coefficient (Wildman–Crippen LogP) is 5.15. The van der Waals surface area contributed by atoms with Crippen molar-refractivity contribution in [2.75, 3.05) is 6.54 Å². The van der Waals surface area contributed by atoms with Crippen LogP contribution in [-0.2, 0) is 6.18 Å². The lowest BCUT2D eigenvalue weighted by atomic mass is 9.98. The van der Waals surface area contributed by atoms with Crippen LogP contribution in [0, 0.1) is 0 Å². The largest absolute Gasteiger partial charge is 0.452 e. The molecule has 0 aliphatic carbocycles. The molecule has 0 fully saturated rings. The van der Waals surface area contributed by atoms with Gasteiger partial charge in [0, 0.05) is 0 Å². The van der Waals surface area contributed by atoms with Gasteiger partial charge in [-0.3, -0.25) is 0 Å². The second-order valence-electron chi connectivity index (χ2n) is 4.61. The topological polar surface area (TPSA) is 25.2 Å². The second-order valence-corrected chi connectivity index (χ2v) is 5.40. The van der Waals surface area contributed by atoms with Crippen LogP contribution in [0.5, 0.6) is 0 Å². The van der Waals surface area contributed by atoms with Crippen molar-refractivity contribution < 1.29 is 17.6 Å². The molecule has 1 N–H and O–H groups in total. The SMILES string of the molecule is CCCNC(c1ccc(Br)o1)c1ccccc1C(F)(F)F. The molecule has 0 spiro atoms. The van der Waals surface area contributed by atoms with Gasteiger partial charge in [0.25, 0.3) is 0 Å². The van der Waals surface area contributed by atoms with Gasteiger partial charge >= 0.3 is 6.18 Å². The number of alkyl halides is 3. The van der Waals surface area contributed by atoms with Crippen LogP contribution in [0.4, 0.5) is 13.2 Å². The van der Waals surface area contributed by atoms with Crippen molar-refractivity contribution in [2.24, 2.45) is 0 Å². The normalized spacial score (nSPS) is 13.4. The highest BCUT2D eigenvalue weighted by atomic mass is 79.9. The minimum Gasteiger partial charge on any atom is -0.452 e. The van der Waals surface area contributed by atoms with E-state index in [0.717, 1.165) is 12.5 Å². The molecule has 0 bridgehead atoms. The molecule has 21 heavy (non-hydrogen) atoms. The summed E-state index contributed by atoms with van der Waals surface area (Å²) in [5.74, 6) is 0.451. The molecule has 1 aromatic carbocycles. The zero-order valence-electron chi connectivity index (χ0n) is 11.4. The summed E-state index contributed by atoms with van der Waals surface area (Å²) in [4.78, 5) is 0. The van der Waals surface area contributed by atoms with E-state index < -0.39 is 17.8 Å². The summed E-state index contributed by atoms with van der Waals surface area (Å²) in [7, 11) is 0. The van der Waals surface area contributed by atoms with Crippen molar-refractivity contribution in [3.63, 3.8) is 0 Å². The Kier molecular flexibility index (Phi) is 5.11. The fourth-order valence-electron chi connectivity index (χ4n) is 2.14. The fourth-order valence-corrected chi connectivity index (χ4v) is 2.46. The molecular formula is C15H15BrF3NO. The van der Waals surface area contributed by atoms with Crippen LogP contribution in [0.2, 0.25) is 0 Å². The average molecular weight is 362 g/mol. The number of nitrogens with one attached hydrogen (secondary N) is 1. The van der Waals surface area contributed by atoms with Crippen LogP contribution in [0.15, 0.2) is 45.5 Å². The van der Waals surface area contributed by atoms with Crippen LogP contribution >= 0.6 is 15.9 Å². The first-order valence-electron chi connectivity index (χ1n) is 6.58. The van der Waals surface area contributed by atoms with E-state index in [-0.39, 0.29) is 5.56 Å². The molecule has 114 valence electrons. The maximum Gasteiger partial charge on any atom is 0.416 e. The highest BCUT2D eigenvalue weighted by Gasteiger charge is 2.35. The monoisotopic (exact) mass is 361 g/mol. The highest BCUT2D eigenvalue weighted by Crippen LogP contribution is 2.37. The van der Waals surface area contributed by atoms with E-state index in [4.69, 9.17) is 4.42 Å². The molecule has 2 nitrogen and oxygen atoms in total. The number of furan rings is 1. The van der Waals surface area contributed by atoms with Crippen molar-refractivity contribution in [3.05, 3.63) is 58.0 Å². The van der Waals surface area contributed by atoms with Gasteiger partial charge in [0.2, 0.25) is 0 Å². The lowest BCUT2D eigenvalue weighted by Crippen LogP contribution is -2.25. The van der Waals surface area contributed by atoms with Crippen molar-refractivity contribution in [3.8, 4) is 0 Å². The number of benzene rings is 1. The van der Waals surface area contributed by atoms with Crippen LogP contribution < -0.4 is 5.32 Å². The van der Waals surface area contributed by atoms with Crippen LogP contribution in [0.3, 0.4) is 0 Å². The molecule has 0 amide bonds. The Bertz CT molecular complexity index is 595. The van der Waals surface area contributed by atoms with Gasteiger partial charge in [0.05, 0.1) is 11.6 Å². The summed E-state index contributed by atoms with van der Waals surface area (Å²) in [6, 6.07) is 8.27. The number of hydrogen-bond acceptors (Lipinski definition) is 2. The van der Waals surface area contributed by atoms with E-state index in [9.17, 15) is 13.2 Å². The van der Waals surface area contributed by atoms with E-state index in [1.807, 2.05) is 6.92 Å². The molecule has 1 atom stereocenters. The standard InChI is InChI=1S/C15H15BrF3NO/c1-2-9-20-14(12-7-8-13(16)21-12)10-5-3-4-6-11(10)15(17,18)19/h3-8,14,20H,2,9H2,1H3. The number of hydrogen-bond donors (Lipinski definition) is 1. The van der Waals surface area contributed by atoms with Gasteiger partial charge in [-0.1, -0.05) is 25.1 Å². The highest BCUT2D eigenvalue weighted by molar-refractivity contribution is 9.10. The maximum atomic E-state index is 13.2. The Labute approximate surface area is 129 Å². The number of rotatable bonds is 5. The second kappa shape index (κ2) is 6.66. The zero-order chi connectivity index (χ0) is 15.5. The first kappa shape index (κ1) is 16.1. The van der Waals surface area contributed by atoms with Crippen molar-refractivity contribution >= 4 is 15.9 Å². The lowest BCUT2D eigenvalue weighted by molar-refractivity contribution is -0.138. The van der Waals surface area contributed by atoms with E-state index in [1.165, 1.54) is 12.1 Å². The van der Waals surface area contributed by atoms with Crippen LogP contribution in [-0.4, -0.2) is 6.54 Å². The molecule has 1 aromatic heterocycles. The van der Waals surface area contributed by atoms with Crippen LogP contribution in [0.25, 0.3) is 0 Å². The minimum atomic E-state index is -4.40. The summed E-state index contributed by atoms with van der Waals surface area (Å²) in [5.41, 5.74) is -0.480.